The summed E-state index contributed by atoms with van der Waals surface area (Å²) < 4.78 is 9.32. The summed E-state index contributed by atoms with van der Waals surface area (Å²) in [4.78, 5) is 10.5. The molecule has 0 spiro atoms. The Kier molecular flexibility index (Phi) is 6.48. The lowest BCUT2D eigenvalue weighted by Crippen LogP contribution is -1.94. The van der Waals surface area contributed by atoms with Crippen molar-refractivity contribution >= 4 is 5.97 Å². The predicted octanol–water partition coefficient (Wildman–Crippen LogP) is 1.49. The van der Waals surface area contributed by atoms with Gasteiger partial charge < -0.3 is 9.47 Å². The highest BCUT2D eigenvalue weighted by Gasteiger charge is 1.88. The molecule has 0 N–H and O–H groups in total. The van der Waals surface area contributed by atoms with Gasteiger partial charge in [-0.1, -0.05) is 13.3 Å². The molecule has 0 aromatic carbocycles. The molecule has 0 amide bonds. The molecule has 0 saturated heterocycles. The summed E-state index contributed by atoms with van der Waals surface area (Å²) in [6.07, 6.45) is 4.72. The van der Waals surface area contributed by atoms with Gasteiger partial charge in [0.25, 0.3) is 0 Å². The molecule has 64 valence electrons. The molecular formula is C8H14O3. The standard InChI is InChI=1S/C8H14O3/c1-3-4-6-11-7-5-8(9)10-2/h5,7H,3-4,6H2,1-2H3. The second-order valence-corrected chi connectivity index (χ2v) is 2.05. The average Bonchev–Trinajstić information content (AvgIpc) is 2.04. The van der Waals surface area contributed by atoms with Crippen molar-refractivity contribution in [3.63, 3.8) is 0 Å². The number of esters is 1. The zero-order chi connectivity index (χ0) is 8.53. The Bertz CT molecular complexity index is 129. The Balaban J connectivity index is 3.22. The molecule has 0 radical (unpaired) electrons. The zero-order valence-corrected chi connectivity index (χ0v) is 7.00. The smallest absolute Gasteiger partial charge is 0.333 e. The molecule has 0 unspecified atom stereocenters. The molecule has 0 rings (SSSR count). The number of methoxy groups -OCH3 is 1. The van der Waals surface area contributed by atoms with E-state index in [0.29, 0.717) is 6.61 Å². The molecule has 0 fully saturated rings. The van der Waals surface area contributed by atoms with Crippen LogP contribution in [0, 0.1) is 0 Å². The van der Waals surface area contributed by atoms with Crippen LogP contribution in [0.3, 0.4) is 0 Å². The van der Waals surface area contributed by atoms with Gasteiger partial charge in [-0.15, -0.1) is 0 Å². The average molecular weight is 158 g/mol. The van der Waals surface area contributed by atoms with Crippen molar-refractivity contribution in [1.29, 1.82) is 0 Å². The Labute approximate surface area is 67.0 Å². The molecule has 3 heteroatoms. The minimum atomic E-state index is -0.388. The second kappa shape index (κ2) is 7.12. The van der Waals surface area contributed by atoms with E-state index < -0.39 is 0 Å². The minimum Gasteiger partial charge on any atom is -0.501 e. The molecule has 0 aliphatic carbocycles. The fraction of sp³-hybridized carbons (Fsp3) is 0.625. The number of ether oxygens (including phenoxy) is 2. The third-order valence-electron chi connectivity index (χ3n) is 1.12. The maximum Gasteiger partial charge on any atom is 0.333 e. The van der Waals surface area contributed by atoms with E-state index in [0.717, 1.165) is 12.8 Å². The van der Waals surface area contributed by atoms with Gasteiger partial charge in [-0.2, -0.15) is 0 Å². The molecule has 0 saturated carbocycles. The van der Waals surface area contributed by atoms with E-state index in [4.69, 9.17) is 4.74 Å². The number of rotatable bonds is 5. The maximum absolute atomic E-state index is 10.5. The number of hydrogen-bond acceptors (Lipinski definition) is 3. The summed E-state index contributed by atoms with van der Waals surface area (Å²) >= 11 is 0. The normalized spacial score (nSPS) is 10.0. The number of carbonyl (C=O) groups excluding carboxylic acids is 1. The fourth-order valence-corrected chi connectivity index (χ4v) is 0.467. The number of carbonyl (C=O) groups is 1. The van der Waals surface area contributed by atoms with Crippen molar-refractivity contribution in [2.75, 3.05) is 13.7 Å². The first kappa shape index (κ1) is 10.0. The zero-order valence-electron chi connectivity index (χ0n) is 7.00. The largest absolute Gasteiger partial charge is 0.501 e. The van der Waals surface area contributed by atoms with Crippen LogP contribution in [0.15, 0.2) is 12.3 Å². The van der Waals surface area contributed by atoms with E-state index in [2.05, 4.69) is 11.7 Å². The van der Waals surface area contributed by atoms with Crippen molar-refractivity contribution in [2.45, 2.75) is 19.8 Å². The summed E-state index contributed by atoms with van der Waals surface area (Å²) in [5.74, 6) is -0.388. The SMILES string of the molecule is CCCCOC=CC(=O)OC. The van der Waals surface area contributed by atoms with E-state index >= 15 is 0 Å². The third-order valence-corrected chi connectivity index (χ3v) is 1.12. The number of unbranched alkanes of at least 4 members (excludes halogenated alkanes) is 1. The first-order chi connectivity index (χ1) is 5.31. The first-order valence-electron chi connectivity index (χ1n) is 3.67. The van der Waals surface area contributed by atoms with E-state index in [-0.39, 0.29) is 5.97 Å². The van der Waals surface area contributed by atoms with Crippen LogP contribution in [-0.2, 0) is 14.3 Å². The predicted molar refractivity (Wildman–Crippen MR) is 42.0 cm³/mol. The molecule has 0 bridgehead atoms. The van der Waals surface area contributed by atoms with Gasteiger partial charge in [0, 0.05) is 0 Å². The topological polar surface area (TPSA) is 35.5 Å². The van der Waals surface area contributed by atoms with Crippen LogP contribution in [0.4, 0.5) is 0 Å². The van der Waals surface area contributed by atoms with Gasteiger partial charge in [0.05, 0.1) is 26.1 Å². The second-order valence-electron chi connectivity index (χ2n) is 2.05. The highest BCUT2D eigenvalue weighted by Crippen LogP contribution is 1.88. The number of hydrogen-bond donors (Lipinski definition) is 0. The van der Waals surface area contributed by atoms with Gasteiger partial charge in [-0.25, -0.2) is 4.79 Å². The summed E-state index contributed by atoms with van der Waals surface area (Å²) in [5, 5.41) is 0. The van der Waals surface area contributed by atoms with Gasteiger partial charge >= 0.3 is 5.97 Å². The van der Waals surface area contributed by atoms with Gasteiger partial charge in [0.1, 0.15) is 0 Å². The lowest BCUT2D eigenvalue weighted by atomic mass is 10.4. The summed E-state index contributed by atoms with van der Waals surface area (Å²) in [6.45, 7) is 2.73. The maximum atomic E-state index is 10.5. The van der Waals surface area contributed by atoms with Crippen molar-refractivity contribution in [3.8, 4) is 0 Å². The lowest BCUT2D eigenvalue weighted by Gasteiger charge is -1.96. The molecule has 0 aliphatic rings. The van der Waals surface area contributed by atoms with Crippen LogP contribution < -0.4 is 0 Å². The molecule has 0 heterocycles. The monoisotopic (exact) mass is 158 g/mol. The van der Waals surface area contributed by atoms with E-state index in [1.165, 1.54) is 19.4 Å². The Hall–Kier alpha value is -0.990. The molecular weight excluding hydrogens is 144 g/mol. The molecule has 0 aliphatic heterocycles. The highest BCUT2D eigenvalue weighted by atomic mass is 16.5. The molecule has 0 aromatic heterocycles. The van der Waals surface area contributed by atoms with Crippen molar-refractivity contribution < 1.29 is 14.3 Å². The Morgan fingerprint density at radius 3 is 2.82 bits per heavy atom. The van der Waals surface area contributed by atoms with Crippen molar-refractivity contribution in [3.05, 3.63) is 12.3 Å². The fourth-order valence-electron chi connectivity index (χ4n) is 0.467. The van der Waals surface area contributed by atoms with E-state index in [1.54, 1.807) is 0 Å². The van der Waals surface area contributed by atoms with Crippen LogP contribution in [0.5, 0.6) is 0 Å². The van der Waals surface area contributed by atoms with Crippen LogP contribution in [0.1, 0.15) is 19.8 Å². The third kappa shape index (κ3) is 6.90. The molecule has 3 nitrogen and oxygen atoms in total. The van der Waals surface area contributed by atoms with Gasteiger partial charge in [0.2, 0.25) is 0 Å². The van der Waals surface area contributed by atoms with Crippen LogP contribution >= 0.6 is 0 Å². The summed E-state index contributed by atoms with van der Waals surface area (Å²) in [6, 6.07) is 0. The van der Waals surface area contributed by atoms with E-state index in [9.17, 15) is 4.79 Å². The van der Waals surface area contributed by atoms with Crippen LogP contribution in [0.2, 0.25) is 0 Å². The Morgan fingerprint density at radius 2 is 2.27 bits per heavy atom. The highest BCUT2D eigenvalue weighted by molar-refractivity contribution is 5.81. The molecule has 0 atom stereocenters. The summed E-state index contributed by atoms with van der Waals surface area (Å²) in [7, 11) is 1.33. The van der Waals surface area contributed by atoms with Gasteiger partial charge in [-0.3, -0.25) is 0 Å². The molecule has 0 aromatic rings. The van der Waals surface area contributed by atoms with Gasteiger partial charge in [-0.05, 0) is 6.42 Å². The first-order valence-corrected chi connectivity index (χ1v) is 3.67. The van der Waals surface area contributed by atoms with Gasteiger partial charge in [0.15, 0.2) is 0 Å². The molecule has 11 heavy (non-hydrogen) atoms. The Morgan fingerprint density at radius 1 is 1.55 bits per heavy atom. The summed E-state index contributed by atoms with van der Waals surface area (Å²) in [5.41, 5.74) is 0. The van der Waals surface area contributed by atoms with E-state index in [1.807, 2.05) is 0 Å². The minimum absolute atomic E-state index is 0.388. The van der Waals surface area contributed by atoms with Crippen LogP contribution in [0.25, 0.3) is 0 Å². The van der Waals surface area contributed by atoms with Crippen molar-refractivity contribution in [2.24, 2.45) is 0 Å². The van der Waals surface area contributed by atoms with Crippen LogP contribution in [-0.4, -0.2) is 19.7 Å². The quantitative estimate of drug-likeness (QED) is 0.263. The lowest BCUT2D eigenvalue weighted by molar-refractivity contribution is -0.134. The van der Waals surface area contributed by atoms with Crippen molar-refractivity contribution in [1.82, 2.24) is 0 Å².